The molecule has 32 heavy (non-hydrogen) atoms. The monoisotopic (exact) mass is 454 g/mol. The standard InChI is InChI=1S/C24H32F2O6/c1-20(2)31-19-9-13-14-8-16(25)15-7-12(28)5-6-21(15,3)23(14,26)17(29)10-22(13,4)24(19,32-20)18(30)11-27/h7,13-14,16-17,19,27,29H,5-6,8-11H2,1-4H3/t13?,14?,16-,17-,19+,21-,22-,23-,24+/m0/s1. The first-order valence-corrected chi connectivity index (χ1v) is 11.5. The molecule has 2 unspecified atom stereocenters. The van der Waals surface area contributed by atoms with Crippen LogP contribution < -0.4 is 0 Å². The van der Waals surface area contributed by atoms with Crippen molar-refractivity contribution in [3.8, 4) is 0 Å². The Morgan fingerprint density at radius 1 is 1.22 bits per heavy atom. The van der Waals surface area contributed by atoms with Gasteiger partial charge in [0.15, 0.2) is 23.0 Å². The van der Waals surface area contributed by atoms with Gasteiger partial charge < -0.3 is 19.7 Å². The summed E-state index contributed by atoms with van der Waals surface area (Å²) in [4.78, 5) is 25.2. The van der Waals surface area contributed by atoms with Crippen LogP contribution in [0.2, 0.25) is 0 Å². The molecule has 0 amide bonds. The van der Waals surface area contributed by atoms with Crippen molar-refractivity contribution in [2.24, 2.45) is 22.7 Å². The minimum Gasteiger partial charge on any atom is -0.390 e. The van der Waals surface area contributed by atoms with E-state index in [1.165, 1.54) is 6.08 Å². The van der Waals surface area contributed by atoms with Crippen LogP contribution >= 0.6 is 0 Å². The zero-order valence-electron chi connectivity index (χ0n) is 19.0. The third kappa shape index (κ3) is 2.37. The summed E-state index contributed by atoms with van der Waals surface area (Å²) in [5.41, 5.74) is -5.90. The first-order valence-electron chi connectivity index (χ1n) is 11.5. The lowest BCUT2D eigenvalue weighted by Gasteiger charge is -2.64. The Hall–Kier alpha value is -1.22. The maximum absolute atomic E-state index is 17.2. The number of hydrogen-bond acceptors (Lipinski definition) is 6. The maximum Gasteiger partial charge on any atom is 0.193 e. The first-order chi connectivity index (χ1) is 14.8. The van der Waals surface area contributed by atoms with E-state index in [1.54, 1.807) is 27.7 Å². The van der Waals surface area contributed by atoms with Gasteiger partial charge in [-0.25, -0.2) is 8.78 Å². The van der Waals surface area contributed by atoms with Crippen LogP contribution in [0.15, 0.2) is 11.6 Å². The number of aliphatic hydroxyl groups is 2. The Bertz CT molecular complexity index is 918. The van der Waals surface area contributed by atoms with Crippen LogP contribution in [0, 0.1) is 22.7 Å². The molecular formula is C24H32F2O6. The van der Waals surface area contributed by atoms with E-state index in [4.69, 9.17) is 9.47 Å². The summed E-state index contributed by atoms with van der Waals surface area (Å²) in [6.07, 6.45) is -2.23. The van der Waals surface area contributed by atoms with Gasteiger partial charge in [0.05, 0.1) is 12.2 Å². The number of allylic oxidation sites excluding steroid dienone is 1. The van der Waals surface area contributed by atoms with Gasteiger partial charge in [0, 0.05) is 23.2 Å². The molecule has 0 aromatic heterocycles. The Balaban J connectivity index is 1.65. The number of carbonyl (C=O) groups excluding carboxylic acids is 2. The molecule has 0 radical (unpaired) electrons. The second kappa shape index (κ2) is 6.46. The highest BCUT2D eigenvalue weighted by atomic mass is 19.1. The fraction of sp³-hybridized carbons (Fsp3) is 0.833. The van der Waals surface area contributed by atoms with Crippen LogP contribution in [-0.2, 0) is 19.1 Å². The summed E-state index contributed by atoms with van der Waals surface area (Å²) in [6.45, 7) is 6.01. The third-order valence-corrected chi connectivity index (χ3v) is 9.58. The third-order valence-electron chi connectivity index (χ3n) is 9.58. The lowest BCUT2D eigenvalue weighted by atomic mass is 9.43. The summed E-state index contributed by atoms with van der Waals surface area (Å²) in [7, 11) is 0. The van der Waals surface area contributed by atoms with Crippen molar-refractivity contribution >= 4 is 11.6 Å². The molecule has 2 N–H and O–H groups in total. The minimum absolute atomic E-state index is 0.0832. The van der Waals surface area contributed by atoms with Crippen molar-refractivity contribution in [1.29, 1.82) is 0 Å². The number of ether oxygens (including phenoxy) is 2. The van der Waals surface area contributed by atoms with Gasteiger partial charge in [-0.15, -0.1) is 0 Å². The van der Waals surface area contributed by atoms with Gasteiger partial charge in [0.1, 0.15) is 18.4 Å². The van der Waals surface area contributed by atoms with Crippen molar-refractivity contribution in [3.05, 3.63) is 11.6 Å². The SMILES string of the molecule is CC1(C)O[C@@H]2CC3C4C[C@H](F)C5=CC(=O)CC[C@]5(C)[C@@]4(F)[C@@H](O)C[C@]3(C)[C@]2(C(=O)CO)O1. The molecule has 4 fully saturated rings. The van der Waals surface area contributed by atoms with E-state index < -0.39 is 70.5 Å². The normalized spacial score (nSPS) is 53.7. The van der Waals surface area contributed by atoms with E-state index in [-0.39, 0.29) is 43.5 Å². The highest BCUT2D eigenvalue weighted by Gasteiger charge is 2.80. The molecule has 1 aliphatic heterocycles. The molecule has 5 aliphatic rings. The number of carbonyl (C=O) groups is 2. The van der Waals surface area contributed by atoms with Crippen LogP contribution in [-0.4, -0.2) is 63.8 Å². The number of ketones is 2. The molecule has 8 heteroatoms. The molecule has 5 rings (SSSR count). The summed E-state index contributed by atoms with van der Waals surface area (Å²) >= 11 is 0. The predicted molar refractivity (Wildman–Crippen MR) is 109 cm³/mol. The average molecular weight is 455 g/mol. The number of aliphatic hydroxyl groups excluding tert-OH is 2. The molecule has 3 saturated carbocycles. The van der Waals surface area contributed by atoms with E-state index in [0.717, 1.165) is 0 Å². The van der Waals surface area contributed by atoms with Crippen molar-refractivity contribution in [2.45, 2.75) is 95.2 Å². The number of halogens is 2. The Morgan fingerprint density at radius 3 is 2.56 bits per heavy atom. The molecule has 9 atom stereocenters. The molecule has 0 aromatic carbocycles. The van der Waals surface area contributed by atoms with Gasteiger partial charge in [-0.1, -0.05) is 13.8 Å². The smallest absolute Gasteiger partial charge is 0.193 e. The quantitative estimate of drug-likeness (QED) is 0.666. The molecule has 0 bridgehead atoms. The zero-order chi connectivity index (χ0) is 23.5. The van der Waals surface area contributed by atoms with Gasteiger partial charge in [0.25, 0.3) is 0 Å². The largest absolute Gasteiger partial charge is 0.390 e. The number of Topliss-reactive ketones (excluding diaryl/α,β-unsaturated/α-hetero) is 1. The summed E-state index contributed by atoms with van der Waals surface area (Å²) < 4.78 is 44.9. The molecule has 4 aliphatic carbocycles. The molecule has 0 spiro atoms. The van der Waals surface area contributed by atoms with Crippen molar-refractivity contribution in [2.75, 3.05) is 6.61 Å². The Labute approximate surface area is 186 Å². The molecular weight excluding hydrogens is 422 g/mol. The van der Waals surface area contributed by atoms with Gasteiger partial charge in [-0.3, -0.25) is 9.59 Å². The van der Waals surface area contributed by atoms with Crippen LogP contribution in [0.5, 0.6) is 0 Å². The molecule has 0 aromatic rings. The topological polar surface area (TPSA) is 93.1 Å². The summed E-state index contributed by atoms with van der Waals surface area (Å²) in [5.74, 6) is -3.24. The number of alkyl halides is 2. The van der Waals surface area contributed by atoms with Gasteiger partial charge in [0.2, 0.25) is 0 Å². The van der Waals surface area contributed by atoms with Gasteiger partial charge >= 0.3 is 0 Å². The van der Waals surface area contributed by atoms with E-state index >= 15 is 8.78 Å². The second-order valence-electron chi connectivity index (χ2n) is 11.4. The van der Waals surface area contributed by atoms with Crippen molar-refractivity contribution < 1.29 is 38.1 Å². The maximum atomic E-state index is 17.2. The lowest BCUT2D eigenvalue weighted by Crippen LogP contribution is -2.71. The molecule has 178 valence electrons. The van der Waals surface area contributed by atoms with Crippen LogP contribution in [0.1, 0.15) is 59.8 Å². The second-order valence-corrected chi connectivity index (χ2v) is 11.4. The van der Waals surface area contributed by atoms with Crippen molar-refractivity contribution in [3.63, 3.8) is 0 Å². The summed E-state index contributed by atoms with van der Waals surface area (Å²) in [6, 6.07) is 0. The van der Waals surface area contributed by atoms with E-state index in [0.29, 0.717) is 0 Å². The Kier molecular flexibility index (Phi) is 4.56. The number of fused-ring (bicyclic) bond motifs is 7. The highest BCUT2D eigenvalue weighted by molar-refractivity contribution is 5.92. The molecule has 6 nitrogen and oxygen atoms in total. The molecule has 1 saturated heterocycles. The van der Waals surface area contributed by atoms with Crippen LogP contribution in [0.3, 0.4) is 0 Å². The van der Waals surface area contributed by atoms with E-state index in [9.17, 15) is 19.8 Å². The lowest BCUT2D eigenvalue weighted by molar-refractivity contribution is -0.254. The number of rotatable bonds is 2. The fourth-order valence-electron chi connectivity index (χ4n) is 8.28. The summed E-state index contributed by atoms with van der Waals surface area (Å²) in [5, 5.41) is 21.2. The fourth-order valence-corrected chi connectivity index (χ4v) is 8.28. The Morgan fingerprint density at radius 2 is 1.91 bits per heavy atom. The van der Waals surface area contributed by atoms with Crippen LogP contribution in [0.4, 0.5) is 8.78 Å². The minimum atomic E-state index is -2.15. The molecule has 1 heterocycles. The first kappa shape index (κ1) is 22.6. The van der Waals surface area contributed by atoms with Gasteiger partial charge in [-0.05, 0) is 57.1 Å². The average Bonchev–Trinajstić information content (AvgIpc) is 3.11. The zero-order valence-corrected chi connectivity index (χ0v) is 19.0. The van der Waals surface area contributed by atoms with Gasteiger partial charge in [-0.2, -0.15) is 0 Å². The van der Waals surface area contributed by atoms with Crippen molar-refractivity contribution in [1.82, 2.24) is 0 Å². The predicted octanol–water partition coefficient (Wildman–Crippen LogP) is 2.59. The van der Waals surface area contributed by atoms with E-state index in [2.05, 4.69) is 0 Å². The number of hydrogen-bond donors (Lipinski definition) is 2. The van der Waals surface area contributed by atoms with Crippen LogP contribution in [0.25, 0.3) is 0 Å². The van der Waals surface area contributed by atoms with E-state index in [1.807, 2.05) is 0 Å². The highest BCUT2D eigenvalue weighted by Crippen LogP contribution is 2.73.